The van der Waals surface area contributed by atoms with E-state index in [1.165, 1.54) is 0 Å². The fourth-order valence-corrected chi connectivity index (χ4v) is 11.2. The van der Waals surface area contributed by atoms with Crippen LogP contribution in [0.5, 0.6) is 34.5 Å². The van der Waals surface area contributed by atoms with Crippen molar-refractivity contribution in [2.45, 2.75) is 0 Å². The molecule has 0 N–H and O–H groups in total. The Kier molecular flexibility index (Phi) is 7.61. The predicted molar refractivity (Wildman–Crippen MR) is 237 cm³/mol. The molecule has 8 nitrogen and oxygen atoms in total. The van der Waals surface area contributed by atoms with Crippen LogP contribution >= 0.6 is 15.6 Å². The van der Waals surface area contributed by atoms with E-state index in [2.05, 4.69) is 0 Å². The van der Waals surface area contributed by atoms with Crippen molar-refractivity contribution in [1.82, 2.24) is 0 Å². The monoisotopic (exact) mass is 820 g/mol. The van der Waals surface area contributed by atoms with Gasteiger partial charge >= 0.3 is 15.6 Å². The molecule has 2 aliphatic heterocycles. The zero-order chi connectivity index (χ0) is 40.0. The van der Waals surface area contributed by atoms with E-state index in [0.29, 0.717) is 39.5 Å². The van der Waals surface area contributed by atoms with Gasteiger partial charge in [-0.25, -0.2) is 0 Å². The highest BCUT2D eigenvalue weighted by Gasteiger charge is 2.42. The van der Waals surface area contributed by atoms with E-state index in [1.807, 2.05) is 158 Å². The molecule has 0 radical (unpaired) electrons. The normalized spacial score (nSPS) is 14.6. The molecule has 12 rings (SSSR count). The van der Waals surface area contributed by atoms with Crippen LogP contribution in [0.4, 0.5) is 0 Å². The largest absolute Gasteiger partial charge is 0.647 e. The van der Waals surface area contributed by atoms with Gasteiger partial charge in [0.2, 0.25) is 0 Å². The maximum Gasteiger partial charge on any atom is 0.647 e. The molecule has 288 valence electrons. The van der Waals surface area contributed by atoms with Crippen LogP contribution in [0.1, 0.15) is 0 Å². The lowest BCUT2D eigenvalue weighted by Crippen LogP contribution is -2.12. The smallest absolute Gasteiger partial charge is 0.385 e. The van der Waals surface area contributed by atoms with Gasteiger partial charge in [-0.3, -0.25) is 0 Å². The molecule has 0 saturated carbocycles. The highest BCUT2D eigenvalue weighted by Crippen LogP contribution is 2.62. The van der Waals surface area contributed by atoms with E-state index in [-0.39, 0.29) is 11.5 Å². The minimum atomic E-state index is -4.55. The van der Waals surface area contributed by atoms with Crippen molar-refractivity contribution in [3.63, 3.8) is 0 Å². The van der Waals surface area contributed by atoms with Crippen molar-refractivity contribution in [2.24, 2.45) is 0 Å². The summed E-state index contributed by atoms with van der Waals surface area (Å²) in [4.78, 5) is 0. The molecule has 0 aromatic heterocycles. The maximum absolute atomic E-state index is 15.5. The first-order chi connectivity index (χ1) is 29.4. The van der Waals surface area contributed by atoms with Crippen molar-refractivity contribution in [1.29, 1.82) is 0 Å². The molecule has 2 heterocycles. The van der Waals surface area contributed by atoms with Gasteiger partial charge in [-0.15, -0.1) is 0 Å². The number of rotatable bonds is 5. The lowest BCUT2D eigenvalue weighted by Gasteiger charge is -2.27. The molecular weight excluding hydrogens is 790 g/mol. The Bertz CT molecular complexity index is 3410. The Morgan fingerprint density at radius 2 is 0.633 bits per heavy atom. The minimum Gasteiger partial charge on any atom is -0.385 e. The van der Waals surface area contributed by atoms with Crippen molar-refractivity contribution in [2.75, 3.05) is 0 Å². The molecule has 10 aromatic carbocycles. The zero-order valence-corrected chi connectivity index (χ0v) is 33.3. The van der Waals surface area contributed by atoms with Gasteiger partial charge in [0, 0.05) is 22.3 Å². The van der Waals surface area contributed by atoms with Crippen LogP contribution in [0.25, 0.3) is 76.1 Å². The van der Waals surface area contributed by atoms with Gasteiger partial charge in [0.05, 0.1) is 5.39 Å². The third kappa shape index (κ3) is 5.53. The molecule has 60 heavy (non-hydrogen) atoms. The van der Waals surface area contributed by atoms with Gasteiger partial charge in [0.1, 0.15) is 34.5 Å². The summed E-state index contributed by atoms with van der Waals surface area (Å²) in [5.41, 5.74) is 2.52. The molecule has 0 spiro atoms. The van der Waals surface area contributed by atoms with Crippen LogP contribution in [-0.4, -0.2) is 0 Å². The van der Waals surface area contributed by atoms with Gasteiger partial charge < -0.3 is 27.1 Å². The Hall–Kier alpha value is -7.24. The van der Waals surface area contributed by atoms with Crippen LogP contribution < -0.4 is 27.1 Å². The van der Waals surface area contributed by atoms with Crippen LogP contribution in [0.15, 0.2) is 182 Å². The highest BCUT2D eigenvalue weighted by molar-refractivity contribution is 7.50. The van der Waals surface area contributed by atoms with Crippen LogP contribution in [-0.2, 0) is 9.13 Å². The Balaban J connectivity index is 1.05. The standard InChI is InChI=1S/C50H30O8P2/c51-59(53-40-21-9-15-35-16-10-22-41(54-59)46(35)40)55-42-27-23-31-11-1-5-17-36(31)47(42)48-37-18-6-2-12-32(37)24-28-43(48)56-60(52)57-44-29-25-33-13-3-7-19-38(33)49(44)50-39-20-8-4-14-34(39)26-30-45(50)58-60/h1-30H. The van der Waals surface area contributed by atoms with Crippen molar-refractivity contribution in [3.05, 3.63) is 182 Å². The second-order valence-electron chi connectivity index (χ2n) is 14.7. The van der Waals surface area contributed by atoms with Crippen molar-refractivity contribution >= 4 is 69.5 Å². The van der Waals surface area contributed by atoms with Gasteiger partial charge in [-0.2, -0.15) is 9.13 Å². The molecule has 0 fully saturated rings. The topological polar surface area (TPSA) is 89.5 Å². The summed E-state index contributed by atoms with van der Waals surface area (Å²) in [5.74, 6) is 1.85. The molecule has 10 heteroatoms. The molecule has 0 unspecified atom stereocenters. The third-order valence-corrected chi connectivity index (χ3v) is 13.7. The fourth-order valence-electron chi connectivity index (χ4n) is 8.60. The van der Waals surface area contributed by atoms with Crippen LogP contribution in [0.2, 0.25) is 0 Å². The second kappa shape index (κ2) is 13.1. The van der Waals surface area contributed by atoms with E-state index >= 15 is 4.57 Å². The predicted octanol–water partition coefficient (Wildman–Crippen LogP) is 14.7. The van der Waals surface area contributed by atoms with Crippen LogP contribution in [0, 0.1) is 0 Å². The SMILES string of the molecule is O=P1(Oc2ccc3ccccc3c2-c2c(OP3(=O)Oc4cccc5cccc(c45)O3)ccc3ccccc23)Oc2ccc3ccccc3c2-c2c(ccc3ccccc23)O1. The third-order valence-electron chi connectivity index (χ3n) is 11.2. The lowest BCUT2D eigenvalue weighted by molar-refractivity contribution is 0.293. The van der Waals surface area contributed by atoms with Gasteiger partial charge in [0.15, 0.2) is 0 Å². The fraction of sp³-hybridized carbons (Fsp3) is 0. The Morgan fingerprint density at radius 3 is 1.05 bits per heavy atom. The van der Waals surface area contributed by atoms with E-state index in [9.17, 15) is 4.57 Å². The summed E-state index contributed by atoms with van der Waals surface area (Å²) in [5, 5.41) is 8.61. The Morgan fingerprint density at radius 1 is 0.300 bits per heavy atom. The summed E-state index contributed by atoms with van der Waals surface area (Å²) in [7, 11) is -8.90. The molecule has 0 amide bonds. The van der Waals surface area contributed by atoms with E-state index < -0.39 is 15.6 Å². The summed E-state index contributed by atoms with van der Waals surface area (Å²) >= 11 is 0. The molecule has 0 saturated heterocycles. The van der Waals surface area contributed by atoms with Gasteiger partial charge in [0.25, 0.3) is 0 Å². The van der Waals surface area contributed by atoms with E-state index in [0.717, 1.165) is 59.6 Å². The molecule has 0 bridgehead atoms. The van der Waals surface area contributed by atoms with Gasteiger partial charge in [-0.05, 0) is 84.9 Å². The minimum absolute atomic E-state index is 0.184. The van der Waals surface area contributed by atoms with Crippen molar-refractivity contribution in [3.8, 4) is 56.8 Å². The number of phosphoric ester groups is 2. The molecule has 2 aliphatic rings. The highest BCUT2D eigenvalue weighted by atomic mass is 31.2. The number of benzene rings is 10. The first kappa shape index (κ1) is 34.8. The van der Waals surface area contributed by atoms with Gasteiger partial charge in [-0.1, -0.05) is 146 Å². The summed E-state index contributed by atoms with van der Waals surface area (Å²) in [6.07, 6.45) is 0. The Labute approximate surface area is 343 Å². The summed E-state index contributed by atoms with van der Waals surface area (Å²) in [6.45, 7) is 0. The number of phosphoric acid groups is 2. The van der Waals surface area contributed by atoms with Crippen LogP contribution in [0.3, 0.4) is 0 Å². The first-order valence-electron chi connectivity index (χ1n) is 19.4. The second-order valence-corrected chi connectivity index (χ2v) is 17.6. The maximum atomic E-state index is 15.5. The number of fused-ring (bicyclic) bond motifs is 9. The molecule has 10 aromatic rings. The molecule has 0 aliphatic carbocycles. The average Bonchev–Trinajstić information content (AvgIpc) is 3.40. The number of hydrogen-bond donors (Lipinski definition) is 0. The zero-order valence-electron chi connectivity index (χ0n) is 31.5. The molecule has 0 atom stereocenters. The van der Waals surface area contributed by atoms with E-state index in [1.54, 1.807) is 24.3 Å². The first-order valence-corrected chi connectivity index (χ1v) is 22.3. The summed E-state index contributed by atoms with van der Waals surface area (Å²) in [6, 6.07) is 57.3. The summed E-state index contributed by atoms with van der Waals surface area (Å²) < 4.78 is 68.5. The molecular formula is C50H30O8P2. The quantitative estimate of drug-likeness (QED) is 0.159. The van der Waals surface area contributed by atoms with E-state index in [4.69, 9.17) is 27.1 Å². The number of hydrogen-bond acceptors (Lipinski definition) is 8. The average molecular weight is 821 g/mol. The van der Waals surface area contributed by atoms with Crippen molar-refractivity contribution < 1.29 is 36.3 Å². The lowest BCUT2D eigenvalue weighted by atomic mass is 9.92.